The molecule has 0 aliphatic carbocycles. The Kier molecular flexibility index (Phi) is 4.38. The quantitative estimate of drug-likeness (QED) is 0.872. The number of aromatic nitrogens is 3. The Morgan fingerprint density at radius 1 is 1.33 bits per heavy atom. The summed E-state index contributed by atoms with van der Waals surface area (Å²) in [4.78, 5) is 4.62. The van der Waals surface area contributed by atoms with Gasteiger partial charge in [0.2, 0.25) is 0 Å². The van der Waals surface area contributed by atoms with Gasteiger partial charge >= 0.3 is 0 Å². The Morgan fingerprint density at radius 3 is 2.78 bits per heavy atom. The van der Waals surface area contributed by atoms with Gasteiger partial charge in [-0.05, 0) is 25.3 Å². The molecule has 0 saturated heterocycles. The maximum Gasteiger partial charge on any atom is 0.153 e. The summed E-state index contributed by atoms with van der Waals surface area (Å²) >= 11 is 0. The monoisotopic (exact) mass is 250 g/mol. The lowest BCUT2D eigenvalue weighted by Crippen LogP contribution is -2.38. The fourth-order valence-corrected chi connectivity index (χ4v) is 2.32. The van der Waals surface area contributed by atoms with Crippen LogP contribution in [0.3, 0.4) is 0 Å². The van der Waals surface area contributed by atoms with Crippen molar-refractivity contribution in [2.75, 3.05) is 6.54 Å². The van der Waals surface area contributed by atoms with Crippen molar-refractivity contribution in [3.63, 3.8) is 0 Å². The minimum atomic E-state index is 0.426. The second-order valence-electron chi connectivity index (χ2n) is 6.10. The Bertz CT molecular complexity index is 381. The first-order valence-corrected chi connectivity index (χ1v) is 7.23. The molecule has 1 aliphatic heterocycles. The molecule has 4 nitrogen and oxygen atoms in total. The van der Waals surface area contributed by atoms with Crippen LogP contribution in [0.5, 0.6) is 0 Å². The van der Waals surface area contributed by atoms with Crippen molar-refractivity contribution in [1.29, 1.82) is 0 Å². The molecule has 1 aromatic rings. The summed E-state index contributed by atoms with van der Waals surface area (Å²) < 4.78 is 2.10. The van der Waals surface area contributed by atoms with Gasteiger partial charge in [0.15, 0.2) is 5.82 Å². The zero-order valence-electron chi connectivity index (χ0n) is 12.1. The number of hydrogen-bond acceptors (Lipinski definition) is 3. The Balaban J connectivity index is 1.89. The van der Waals surface area contributed by atoms with E-state index in [2.05, 4.69) is 47.8 Å². The summed E-state index contributed by atoms with van der Waals surface area (Å²) in [7, 11) is 0. The van der Waals surface area contributed by atoms with Crippen molar-refractivity contribution < 1.29 is 0 Å². The average molecular weight is 250 g/mol. The van der Waals surface area contributed by atoms with Crippen LogP contribution in [0.2, 0.25) is 0 Å². The second kappa shape index (κ2) is 5.83. The molecule has 0 saturated carbocycles. The molecule has 1 aliphatic rings. The van der Waals surface area contributed by atoms with Gasteiger partial charge < -0.3 is 5.32 Å². The predicted molar refractivity (Wildman–Crippen MR) is 73.7 cm³/mol. The van der Waals surface area contributed by atoms with E-state index in [9.17, 15) is 0 Å². The highest BCUT2D eigenvalue weighted by molar-refractivity contribution is 5.00. The van der Waals surface area contributed by atoms with Gasteiger partial charge in [0.05, 0.1) is 6.54 Å². The third-order valence-corrected chi connectivity index (χ3v) is 3.55. The number of nitrogens with one attached hydrogen (secondary N) is 1. The summed E-state index contributed by atoms with van der Waals surface area (Å²) in [5.74, 6) is 3.36. The van der Waals surface area contributed by atoms with Crippen molar-refractivity contribution in [2.24, 2.45) is 5.92 Å². The maximum absolute atomic E-state index is 4.62. The van der Waals surface area contributed by atoms with Gasteiger partial charge in [-0.1, -0.05) is 27.7 Å². The van der Waals surface area contributed by atoms with Crippen molar-refractivity contribution in [2.45, 2.75) is 65.5 Å². The van der Waals surface area contributed by atoms with Crippen LogP contribution in [-0.2, 0) is 13.0 Å². The zero-order valence-corrected chi connectivity index (χ0v) is 12.1. The number of nitrogens with zero attached hydrogens (tertiary/aromatic N) is 3. The average Bonchev–Trinajstić information content (AvgIpc) is 2.71. The van der Waals surface area contributed by atoms with Gasteiger partial charge in [-0.2, -0.15) is 5.10 Å². The molecule has 2 heterocycles. The molecule has 1 N–H and O–H groups in total. The first-order valence-electron chi connectivity index (χ1n) is 7.23. The van der Waals surface area contributed by atoms with Crippen LogP contribution in [0.4, 0.5) is 0 Å². The summed E-state index contributed by atoms with van der Waals surface area (Å²) in [5.41, 5.74) is 0. The third kappa shape index (κ3) is 3.31. The summed E-state index contributed by atoms with van der Waals surface area (Å²) in [6, 6.07) is 0.568. The van der Waals surface area contributed by atoms with Crippen molar-refractivity contribution in [1.82, 2.24) is 20.1 Å². The summed E-state index contributed by atoms with van der Waals surface area (Å²) in [6.45, 7) is 10.9. The molecule has 102 valence electrons. The lowest BCUT2D eigenvalue weighted by molar-refractivity contribution is 0.350. The molecule has 4 heteroatoms. The van der Waals surface area contributed by atoms with E-state index in [-0.39, 0.29) is 0 Å². The maximum atomic E-state index is 4.62. The second-order valence-corrected chi connectivity index (χ2v) is 6.10. The lowest BCUT2D eigenvalue weighted by Gasteiger charge is -2.23. The van der Waals surface area contributed by atoms with E-state index in [0.717, 1.165) is 31.3 Å². The van der Waals surface area contributed by atoms with E-state index in [0.29, 0.717) is 12.0 Å². The van der Waals surface area contributed by atoms with Crippen molar-refractivity contribution in [3.05, 3.63) is 11.6 Å². The number of fused-ring (bicyclic) bond motifs is 1. The molecule has 1 atom stereocenters. The van der Waals surface area contributed by atoms with Crippen LogP contribution in [0, 0.1) is 5.92 Å². The molecule has 0 radical (unpaired) electrons. The van der Waals surface area contributed by atoms with Gasteiger partial charge in [0.1, 0.15) is 5.82 Å². The topological polar surface area (TPSA) is 42.7 Å². The minimum absolute atomic E-state index is 0.426. The minimum Gasteiger partial charge on any atom is -0.312 e. The van der Waals surface area contributed by atoms with Crippen LogP contribution < -0.4 is 5.32 Å². The van der Waals surface area contributed by atoms with Gasteiger partial charge in [-0.15, -0.1) is 0 Å². The van der Waals surface area contributed by atoms with E-state index in [1.807, 2.05) is 0 Å². The van der Waals surface area contributed by atoms with Crippen LogP contribution in [0.15, 0.2) is 0 Å². The normalized spacial score (nSPS) is 19.6. The Labute approximate surface area is 110 Å². The highest BCUT2D eigenvalue weighted by Gasteiger charge is 2.21. The van der Waals surface area contributed by atoms with Crippen LogP contribution in [0.1, 0.15) is 58.1 Å². The first-order chi connectivity index (χ1) is 8.56. The molecule has 1 unspecified atom stereocenters. The molecular formula is C14H26N4. The van der Waals surface area contributed by atoms with E-state index >= 15 is 0 Å². The van der Waals surface area contributed by atoms with Crippen molar-refractivity contribution >= 4 is 0 Å². The standard InChI is InChI=1S/C14H26N4/c1-10(2)7-8-15-12-5-6-13-16-14(11(3)4)17-18(13)9-12/h10-12,15H,5-9H2,1-4H3. The SMILES string of the molecule is CC(C)CCNC1CCc2nc(C(C)C)nn2C1. The van der Waals surface area contributed by atoms with E-state index < -0.39 is 0 Å². The fourth-order valence-electron chi connectivity index (χ4n) is 2.32. The largest absolute Gasteiger partial charge is 0.312 e. The zero-order chi connectivity index (χ0) is 13.1. The summed E-state index contributed by atoms with van der Waals surface area (Å²) in [6.07, 6.45) is 3.49. The number of hydrogen-bond donors (Lipinski definition) is 1. The third-order valence-electron chi connectivity index (χ3n) is 3.55. The van der Waals surface area contributed by atoms with E-state index in [1.54, 1.807) is 0 Å². The molecular weight excluding hydrogens is 224 g/mol. The number of rotatable bonds is 5. The Hall–Kier alpha value is -0.900. The molecule has 0 bridgehead atoms. The van der Waals surface area contributed by atoms with Crippen LogP contribution in [0.25, 0.3) is 0 Å². The highest BCUT2D eigenvalue weighted by Crippen LogP contribution is 2.17. The molecule has 0 amide bonds. The lowest BCUT2D eigenvalue weighted by atomic mass is 10.1. The molecule has 18 heavy (non-hydrogen) atoms. The van der Waals surface area contributed by atoms with Gasteiger partial charge in [-0.3, -0.25) is 0 Å². The predicted octanol–water partition coefficient (Wildman–Crippen LogP) is 2.35. The molecule has 1 aromatic heterocycles. The fraction of sp³-hybridized carbons (Fsp3) is 0.857. The number of aryl methyl sites for hydroxylation is 1. The highest BCUT2D eigenvalue weighted by atomic mass is 15.4. The smallest absolute Gasteiger partial charge is 0.153 e. The van der Waals surface area contributed by atoms with Gasteiger partial charge in [-0.25, -0.2) is 9.67 Å². The van der Waals surface area contributed by atoms with Crippen LogP contribution in [-0.4, -0.2) is 27.4 Å². The first kappa shape index (κ1) is 13.5. The van der Waals surface area contributed by atoms with Crippen molar-refractivity contribution in [3.8, 4) is 0 Å². The van der Waals surface area contributed by atoms with Gasteiger partial charge in [0.25, 0.3) is 0 Å². The van der Waals surface area contributed by atoms with Gasteiger partial charge in [0, 0.05) is 18.4 Å². The molecule has 0 fully saturated rings. The Morgan fingerprint density at radius 2 is 2.11 bits per heavy atom. The van der Waals surface area contributed by atoms with Crippen LogP contribution >= 0.6 is 0 Å². The summed E-state index contributed by atoms with van der Waals surface area (Å²) in [5, 5.41) is 8.25. The van der Waals surface area contributed by atoms with E-state index in [4.69, 9.17) is 0 Å². The molecule has 0 spiro atoms. The molecule has 2 rings (SSSR count). The van der Waals surface area contributed by atoms with E-state index in [1.165, 1.54) is 18.7 Å². The molecule has 0 aromatic carbocycles.